The van der Waals surface area contributed by atoms with Crippen molar-refractivity contribution in [1.82, 2.24) is 15.0 Å². The molecule has 3 heterocycles. The number of aromatic nitrogens is 3. The maximum Gasteiger partial charge on any atom is 0.418 e. The Hall–Kier alpha value is -5.63. The highest BCUT2D eigenvalue weighted by Gasteiger charge is 2.39. The average Bonchev–Trinajstić information content (AvgIpc) is 3.28. The van der Waals surface area contributed by atoms with E-state index in [1.807, 2.05) is 0 Å². The Morgan fingerprint density at radius 3 is 2.02 bits per heavy atom. The highest BCUT2D eigenvalue weighted by Crippen LogP contribution is 2.43. The molecule has 270 valence electrons. The van der Waals surface area contributed by atoms with Crippen molar-refractivity contribution < 1.29 is 45.7 Å². The van der Waals surface area contributed by atoms with E-state index >= 15 is 8.78 Å². The molecule has 0 fully saturated rings. The number of hydrogen-bond donors (Lipinski definition) is 1. The Balaban J connectivity index is 1.56. The number of aryl methyl sites for hydroxylation is 1. The quantitative estimate of drug-likeness (QED) is 0.120. The number of methoxy groups -OCH3 is 2. The predicted octanol–water partition coefficient (Wildman–Crippen LogP) is 8.34. The van der Waals surface area contributed by atoms with Crippen LogP contribution in [-0.2, 0) is 24.0 Å². The Morgan fingerprint density at radius 1 is 0.865 bits per heavy atom. The van der Waals surface area contributed by atoms with E-state index in [0.717, 1.165) is 17.2 Å². The lowest BCUT2D eigenvalue weighted by Gasteiger charge is -2.27. The largest absolute Gasteiger partial charge is 0.498 e. The summed E-state index contributed by atoms with van der Waals surface area (Å²) in [6, 6.07) is 15.9. The maximum atomic E-state index is 16.6. The molecule has 1 unspecified atom stereocenters. The molecular formula is C38H32F6N4O4. The van der Waals surface area contributed by atoms with Gasteiger partial charge in [-0.15, -0.1) is 0 Å². The van der Waals surface area contributed by atoms with Crippen molar-refractivity contribution in [1.29, 1.82) is 0 Å². The molecule has 0 saturated heterocycles. The van der Waals surface area contributed by atoms with Crippen molar-refractivity contribution in [2.45, 2.75) is 38.7 Å². The van der Waals surface area contributed by atoms with Crippen LogP contribution in [0.2, 0.25) is 0 Å². The number of alkyl halides is 3. The summed E-state index contributed by atoms with van der Waals surface area (Å²) < 4.78 is 108. The first-order valence-corrected chi connectivity index (χ1v) is 15.9. The van der Waals surface area contributed by atoms with Crippen molar-refractivity contribution in [3.63, 3.8) is 0 Å². The summed E-state index contributed by atoms with van der Waals surface area (Å²) in [6.07, 6.45) is -2.77. The molecule has 52 heavy (non-hydrogen) atoms. The number of anilines is 1. The molecule has 0 amide bonds. The second-order valence-electron chi connectivity index (χ2n) is 12.4. The molecule has 1 aliphatic heterocycles. The normalized spacial score (nSPS) is 15.9. The van der Waals surface area contributed by atoms with Gasteiger partial charge in [-0.2, -0.15) is 22.5 Å². The van der Waals surface area contributed by atoms with Crippen LogP contribution in [0.5, 0.6) is 11.5 Å². The molecule has 0 aliphatic carbocycles. The third kappa shape index (κ3) is 7.52. The number of rotatable bonds is 9. The van der Waals surface area contributed by atoms with Gasteiger partial charge in [-0.25, -0.2) is 18.7 Å². The van der Waals surface area contributed by atoms with Crippen molar-refractivity contribution in [3.8, 4) is 22.8 Å². The number of ether oxygens (including phenoxy) is 3. The van der Waals surface area contributed by atoms with Crippen LogP contribution < -0.4 is 14.4 Å². The van der Waals surface area contributed by atoms with Gasteiger partial charge in [-0.1, -0.05) is 24.3 Å². The number of hydrogen-bond acceptors (Lipinski definition) is 8. The molecule has 3 aromatic carbocycles. The number of allylic oxidation sites excluding steroid dienone is 2. The molecule has 14 heteroatoms. The zero-order valence-electron chi connectivity index (χ0n) is 28.4. The van der Waals surface area contributed by atoms with E-state index in [-0.39, 0.29) is 47.7 Å². The Labute approximate surface area is 294 Å². The van der Waals surface area contributed by atoms with Crippen LogP contribution in [0.3, 0.4) is 0 Å². The van der Waals surface area contributed by atoms with E-state index in [1.165, 1.54) is 52.5 Å². The van der Waals surface area contributed by atoms with Crippen LogP contribution in [0.1, 0.15) is 34.9 Å². The summed E-state index contributed by atoms with van der Waals surface area (Å²) in [7, 11) is 3.03. The van der Waals surface area contributed by atoms with Crippen molar-refractivity contribution >= 4 is 22.3 Å². The molecule has 0 saturated carbocycles. The van der Waals surface area contributed by atoms with Gasteiger partial charge in [0.05, 0.1) is 43.0 Å². The highest BCUT2D eigenvalue weighted by molar-refractivity contribution is 5.95. The van der Waals surface area contributed by atoms with Crippen molar-refractivity contribution in [3.05, 3.63) is 125 Å². The topological polar surface area (TPSA) is 89.8 Å². The molecule has 1 aliphatic rings. The highest BCUT2D eigenvalue weighted by atomic mass is 19.4. The van der Waals surface area contributed by atoms with Crippen molar-refractivity contribution in [2.75, 3.05) is 25.7 Å². The zero-order valence-corrected chi connectivity index (χ0v) is 28.4. The number of halogens is 6. The van der Waals surface area contributed by atoms with Crippen LogP contribution in [0.4, 0.5) is 32.2 Å². The first-order valence-electron chi connectivity index (χ1n) is 15.9. The monoisotopic (exact) mass is 722 g/mol. The third-order valence-electron chi connectivity index (χ3n) is 8.43. The van der Waals surface area contributed by atoms with Gasteiger partial charge in [0.2, 0.25) is 0 Å². The number of pyridine rings is 1. The lowest BCUT2D eigenvalue weighted by atomic mass is 9.96. The van der Waals surface area contributed by atoms with E-state index in [1.54, 1.807) is 53.4 Å². The Morgan fingerprint density at radius 2 is 1.46 bits per heavy atom. The van der Waals surface area contributed by atoms with Gasteiger partial charge >= 0.3 is 12.3 Å². The number of benzene rings is 3. The second-order valence-corrected chi connectivity index (χ2v) is 12.4. The van der Waals surface area contributed by atoms with Crippen LogP contribution in [0.15, 0.2) is 79.1 Å². The minimum Gasteiger partial charge on any atom is -0.498 e. The molecule has 0 bridgehead atoms. The molecule has 6 rings (SSSR count). The molecule has 2 aromatic heterocycles. The van der Waals surface area contributed by atoms with Gasteiger partial charge in [-0.3, -0.25) is 0 Å². The second kappa shape index (κ2) is 14.2. The molecule has 8 nitrogen and oxygen atoms in total. The fraction of sp³-hybridized carbons (Fsp3) is 0.237. The Bertz CT molecular complexity index is 2140. The first-order chi connectivity index (χ1) is 24.7. The summed E-state index contributed by atoms with van der Waals surface area (Å²) >= 11 is 0. The van der Waals surface area contributed by atoms with Gasteiger partial charge in [0, 0.05) is 24.0 Å². The van der Waals surface area contributed by atoms with E-state index in [0.29, 0.717) is 11.5 Å². The molecule has 1 atom stereocenters. The van der Waals surface area contributed by atoms with Gasteiger partial charge in [0.25, 0.3) is 0 Å². The van der Waals surface area contributed by atoms with Gasteiger partial charge < -0.3 is 24.2 Å². The summed E-state index contributed by atoms with van der Waals surface area (Å²) in [5, 5.41) is 10.3. The van der Waals surface area contributed by atoms with Gasteiger partial charge in [-0.05, 0) is 79.1 Å². The first kappa shape index (κ1) is 36.2. The van der Waals surface area contributed by atoms with Crippen LogP contribution in [0, 0.1) is 24.6 Å². The number of fused-ring (bicyclic) bond motifs is 1. The van der Waals surface area contributed by atoms with Gasteiger partial charge in [0.1, 0.15) is 40.9 Å². The van der Waals surface area contributed by atoms with Crippen LogP contribution in [-0.4, -0.2) is 46.5 Å². The minimum atomic E-state index is -5.10. The van der Waals surface area contributed by atoms with Crippen molar-refractivity contribution in [2.24, 2.45) is 0 Å². The minimum absolute atomic E-state index is 0.0171. The fourth-order valence-electron chi connectivity index (χ4n) is 5.99. The summed E-state index contributed by atoms with van der Waals surface area (Å²) in [5.41, 5.74) is -5.07. The van der Waals surface area contributed by atoms with Crippen LogP contribution in [0.25, 0.3) is 27.7 Å². The molecule has 5 aromatic rings. The summed E-state index contributed by atoms with van der Waals surface area (Å²) in [6.45, 7) is 2.65. The molecule has 1 N–H and O–H groups in total. The molecule has 0 radical (unpaired) electrons. The summed E-state index contributed by atoms with van der Waals surface area (Å²) in [5.74, 6) is -1.84. The maximum absolute atomic E-state index is 16.6. The predicted molar refractivity (Wildman–Crippen MR) is 182 cm³/mol. The molecule has 0 spiro atoms. The third-order valence-corrected chi connectivity index (χ3v) is 8.43. The van der Waals surface area contributed by atoms with E-state index in [4.69, 9.17) is 14.2 Å². The van der Waals surface area contributed by atoms with E-state index < -0.39 is 51.8 Å². The SMILES string of the molecule is COc1ccc(CN(Cc2ccc(OC)cc2)c2cc(C)c(C(F)(F)F)c(-c3c(F)cc4c(C5=CC(C)(O)COC=C5)nc(F)nc4c3F)n2)cc1. The smallest absolute Gasteiger partial charge is 0.418 e. The lowest BCUT2D eigenvalue weighted by Crippen LogP contribution is -2.26. The average molecular weight is 723 g/mol. The number of nitrogens with zero attached hydrogens (tertiary/aromatic N) is 4. The van der Waals surface area contributed by atoms with Gasteiger partial charge in [0.15, 0.2) is 5.82 Å². The standard InChI is InChI=1S/C38H32F6N4O4/c1-21-15-29(48(18-22-5-9-25(50-3)10-6-22)19-23-7-11-26(51-4)12-8-23)45-35(31(21)38(42,43)44)30-28(39)16-27-33(46-36(41)47-34(27)32(30)40)24-13-14-52-20-37(2,49)17-24/h5-17,49H,18-20H2,1-4H3. The lowest BCUT2D eigenvalue weighted by molar-refractivity contribution is -0.137. The fourth-order valence-corrected chi connectivity index (χ4v) is 5.99. The Kier molecular flexibility index (Phi) is 9.86. The van der Waals surface area contributed by atoms with E-state index in [2.05, 4.69) is 15.0 Å². The number of aliphatic hydroxyl groups is 1. The van der Waals surface area contributed by atoms with E-state index in [9.17, 15) is 22.7 Å². The molecular weight excluding hydrogens is 690 g/mol. The zero-order chi connectivity index (χ0) is 37.4. The van der Waals surface area contributed by atoms with Crippen LogP contribution >= 0.6 is 0 Å². The summed E-state index contributed by atoms with van der Waals surface area (Å²) in [4.78, 5) is 13.2.